The van der Waals surface area contributed by atoms with Gasteiger partial charge in [-0.25, -0.2) is 0 Å². The Kier molecular flexibility index (Phi) is 6.90. The lowest BCUT2D eigenvalue weighted by Crippen LogP contribution is -2.48. The molecular weight excluding hydrogens is 411 g/mol. The highest BCUT2D eigenvalue weighted by atomic mass is 35.5. The van der Waals surface area contributed by atoms with Crippen LogP contribution in [0.15, 0.2) is 53.1 Å². The number of nitrogens with one attached hydrogen (secondary N) is 2. The Hall–Kier alpha value is -2.41. The molecule has 1 aliphatic heterocycles. The number of hydrogen-bond donors (Lipinski definition) is 2. The highest BCUT2D eigenvalue weighted by Gasteiger charge is 2.25. The van der Waals surface area contributed by atoms with Crippen LogP contribution in [-0.4, -0.2) is 35.2 Å². The number of aromatic nitrogens is 2. The molecule has 8 heteroatoms. The molecule has 4 rings (SSSR count). The van der Waals surface area contributed by atoms with Crippen molar-refractivity contribution in [3.8, 4) is 22.8 Å². The van der Waals surface area contributed by atoms with E-state index in [0.29, 0.717) is 33.8 Å². The van der Waals surface area contributed by atoms with Crippen LogP contribution in [0.4, 0.5) is 0 Å². The number of amides is 1. The van der Waals surface area contributed by atoms with Gasteiger partial charge in [0.2, 0.25) is 5.82 Å². The molecule has 0 spiro atoms. The second kappa shape index (κ2) is 9.39. The first kappa shape index (κ1) is 21.3. The lowest BCUT2D eigenvalue weighted by molar-refractivity contribution is 0.0914. The number of nitrogens with zero attached hydrogens (tertiary/aromatic N) is 2. The van der Waals surface area contributed by atoms with E-state index < -0.39 is 0 Å². The van der Waals surface area contributed by atoms with Crippen molar-refractivity contribution in [2.45, 2.75) is 19.4 Å². The topological polar surface area (TPSA) is 80.0 Å². The molecule has 2 heterocycles. The summed E-state index contributed by atoms with van der Waals surface area (Å²) in [5, 5.41) is 11.1. The average Bonchev–Trinajstić information content (AvgIpc) is 3.20. The first-order valence-corrected chi connectivity index (χ1v) is 9.70. The predicted octanol–water partition coefficient (Wildman–Crippen LogP) is 4.21. The van der Waals surface area contributed by atoms with Gasteiger partial charge in [-0.1, -0.05) is 47.9 Å². The Bertz CT molecular complexity index is 992. The summed E-state index contributed by atoms with van der Waals surface area (Å²) >= 11 is 6.05. The summed E-state index contributed by atoms with van der Waals surface area (Å²) in [7, 11) is 0. The Balaban J connectivity index is 0.00000240. The van der Waals surface area contributed by atoms with Gasteiger partial charge >= 0.3 is 0 Å². The fourth-order valence-corrected chi connectivity index (χ4v) is 3.61. The standard InChI is InChI=1S/C21H21ClN4O2.ClH/c1-13-12-23-10-9-18(13)24-20(27)16-7-2-3-8-17(16)21-25-19(26-28-21)14-5-4-6-15(22)11-14;/h2-8,11,13,18,23H,9-10,12H2,1H3,(H,24,27);1H. The van der Waals surface area contributed by atoms with E-state index in [9.17, 15) is 4.79 Å². The molecule has 0 aliphatic carbocycles. The van der Waals surface area contributed by atoms with Crippen molar-refractivity contribution < 1.29 is 9.32 Å². The molecule has 2 atom stereocenters. The Morgan fingerprint density at radius 2 is 2.07 bits per heavy atom. The zero-order chi connectivity index (χ0) is 19.5. The van der Waals surface area contributed by atoms with Gasteiger partial charge in [0.15, 0.2) is 0 Å². The van der Waals surface area contributed by atoms with E-state index in [2.05, 4.69) is 27.7 Å². The van der Waals surface area contributed by atoms with Gasteiger partial charge in [0, 0.05) is 16.6 Å². The molecule has 1 saturated heterocycles. The van der Waals surface area contributed by atoms with Gasteiger partial charge in [0.25, 0.3) is 11.8 Å². The molecule has 2 unspecified atom stereocenters. The maximum Gasteiger partial charge on any atom is 0.259 e. The largest absolute Gasteiger partial charge is 0.349 e. The van der Waals surface area contributed by atoms with Crippen molar-refractivity contribution in [1.29, 1.82) is 0 Å². The fourth-order valence-electron chi connectivity index (χ4n) is 3.42. The molecule has 1 fully saturated rings. The minimum absolute atomic E-state index is 0. The third kappa shape index (κ3) is 4.78. The van der Waals surface area contributed by atoms with E-state index in [1.165, 1.54) is 0 Å². The fraction of sp³-hybridized carbons (Fsp3) is 0.286. The van der Waals surface area contributed by atoms with Crippen molar-refractivity contribution in [1.82, 2.24) is 20.8 Å². The van der Waals surface area contributed by atoms with Crippen molar-refractivity contribution in [3.63, 3.8) is 0 Å². The molecule has 1 aromatic heterocycles. The molecule has 152 valence electrons. The number of halogens is 2. The molecule has 0 radical (unpaired) electrons. The van der Waals surface area contributed by atoms with Crippen molar-refractivity contribution >= 4 is 29.9 Å². The highest BCUT2D eigenvalue weighted by molar-refractivity contribution is 6.30. The van der Waals surface area contributed by atoms with Gasteiger partial charge in [-0.05, 0) is 49.7 Å². The van der Waals surface area contributed by atoms with Gasteiger partial charge < -0.3 is 15.2 Å². The minimum atomic E-state index is -0.128. The van der Waals surface area contributed by atoms with Crippen LogP contribution in [0.1, 0.15) is 23.7 Å². The highest BCUT2D eigenvalue weighted by Crippen LogP contribution is 2.26. The van der Waals surface area contributed by atoms with Crippen LogP contribution in [0.5, 0.6) is 0 Å². The molecule has 2 aromatic carbocycles. The molecule has 2 N–H and O–H groups in total. The predicted molar refractivity (Wildman–Crippen MR) is 115 cm³/mol. The van der Waals surface area contributed by atoms with Crippen LogP contribution in [0.3, 0.4) is 0 Å². The van der Waals surface area contributed by atoms with Crippen LogP contribution in [0.25, 0.3) is 22.8 Å². The number of rotatable bonds is 4. The summed E-state index contributed by atoms with van der Waals surface area (Å²) in [5.41, 5.74) is 1.89. The number of piperidine rings is 1. The third-order valence-corrected chi connectivity index (χ3v) is 5.25. The number of carbonyl (C=O) groups is 1. The van der Waals surface area contributed by atoms with Crippen molar-refractivity contribution in [2.24, 2.45) is 5.92 Å². The van der Waals surface area contributed by atoms with E-state index in [4.69, 9.17) is 16.1 Å². The molecule has 1 amide bonds. The lowest BCUT2D eigenvalue weighted by atomic mass is 9.94. The van der Waals surface area contributed by atoms with Crippen molar-refractivity contribution in [2.75, 3.05) is 13.1 Å². The quantitative estimate of drug-likeness (QED) is 0.645. The molecule has 0 bridgehead atoms. The number of hydrogen-bond acceptors (Lipinski definition) is 5. The van der Waals surface area contributed by atoms with Gasteiger partial charge in [0.05, 0.1) is 11.1 Å². The minimum Gasteiger partial charge on any atom is -0.349 e. The summed E-state index contributed by atoms with van der Waals surface area (Å²) in [4.78, 5) is 17.4. The summed E-state index contributed by atoms with van der Waals surface area (Å²) in [6.45, 7) is 3.95. The van der Waals surface area contributed by atoms with Gasteiger partial charge in [-0.3, -0.25) is 4.79 Å². The molecule has 1 aliphatic rings. The van der Waals surface area contributed by atoms with Gasteiger partial charge in [-0.15, -0.1) is 12.4 Å². The zero-order valence-electron chi connectivity index (χ0n) is 15.9. The van der Waals surface area contributed by atoms with Gasteiger partial charge in [-0.2, -0.15) is 4.98 Å². The Morgan fingerprint density at radius 1 is 1.24 bits per heavy atom. The SMILES string of the molecule is CC1CNCCC1NC(=O)c1ccccc1-c1nc(-c2cccc(Cl)c2)no1.Cl. The summed E-state index contributed by atoms with van der Waals surface area (Å²) in [5.74, 6) is 0.985. The van der Waals surface area contributed by atoms with E-state index in [0.717, 1.165) is 25.1 Å². The molecule has 0 saturated carbocycles. The molecule has 3 aromatic rings. The van der Waals surface area contributed by atoms with E-state index in [1.807, 2.05) is 30.3 Å². The Morgan fingerprint density at radius 3 is 2.86 bits per heavy atom. The number of carbonyl (C=O) groups excluding carboxylic acids is 1. The summed E-state index contributed by atoms with van der Waals surface area (Å²) in [6, 6.07) is 14.7. The van der Waals surface area contributed by atoms with Crippen LogP contribution in [-0.2, 0) is 0 Å². The zero-order valence-corrected chi connectivity index (χ0v) is 17.5. The van der Waals surface area contributed by atoms with Crippen LogP contribution >= 0.6 is 24.0 Å². The van der Waals surface area contributed by atoms with Crippen LogP contribution < -0.4 is 10.6 Å². The van der Waals surface area contributed by atoms with E-state index in [1.54, 1.807) is 18.2 Å². The monoisotopic (exact) mass is 432 g/mol. The van der Waals surface area contributed by atoms with E-state index in [-0.39, 0.29) is 24.4 Å². The molecular formula is C21H22Cl2N4O2. The second-order valence-electron chi connectivity index (χ2n) is 7.03. The maximum atomic E-state index is 12.9. The smallest absolute Gasteiger partial charge is 0.259 e. The first-order valence-electron chi connectivity index (χ1n) is 9.32. The Labute approximate surface area is 180 Å². The number of benzene rings is 2. The third-order valence-electron chi connectivity index (χ3n) is 5.01. The molecule has 29 heavy (non-hydrogen) atoms. The van der Waals surface area contributed by atoms with Gasteiger partial charge in [0.1, 0.15) is 0 Å². The molecule has 6 nitrogen and oxygen atoms in total. The van der Waals surface area contributed by atoms with Crippen LogP contribution in [0.2, 0.25) is 5.02 Å². The van der Waals surface area contributed by atoms with Crippen molar-refractivity contribution in [3.05, 3.63) is 59.1 Å². The summed E-state index contributed by atoms with van der Waals surface area (Å²) < 4.78 is 5.45. The second-order valence-corrected chi connectivity index (χ2v) is 7.47. The van der Waals surface area contributed by atoms with Crippen LogP contribution in [0, 0.1) is 5.92 Å². The lowest BCUT2D eigenvalue weighted by Gasteiger charge is -2.30. The normalized spacial score (nSPS) is 18.7. The maximum absolute atomic E-state index is 12.9. The van der Waals surface area contributed by atoms with E-state index >= 15 is 0 Å². The summed E-state index contributed by atoms with van der Waals surface area (Å²) in [6.07, 6.45) is 0.911. The average molecular weight is 433 g/mol. The first-order chi connectivity index (χ1) is 13.6.